The van der Waals surface area contributed by atoms with Gasteiger partial charge in [-0.3, -0.25) is 0 Å². The predicted molar refractivity (Wildman–Crippen MR) is 278 cm³/mol. The second-order valence-electron chi connectivity index (χ2n) is 16.9. The lowest BCUT2D eigenvalue weighted by Crippen LogP contribution is -2.00. The zero-order valence-corrected chi connectivity index (χ0v) is 36.5. The highest BCUT2D eigenvalue weighted by molar-refractivity contribution is 6.11. The maximum atomic E-state index is 5.07. The molecule has 0 saturated heterocycles. The van der Waals surface area contributed by atoms with E-state index in [2.05, 4.69) is 223 Å². The first-order valence-corrected chi connectivity index (χ1v) is 22.7. The van der Waals surface area contributed by atoms with Crippen molar-refractivity contribution in [2.24, 2.45) is 0 Å². The van der Waals surface area contributed by atoms with Crippen LogP contribution in [-0.2, 0) is 0 Å². The molecule has 0 aliphatic heterocycles. The largest absolute Gasteiger partial charge is 0.309 e. The highest BCUT2D eigenvalue weighted by Crippen LogP contribution is 2.39. The van der Waals surface area contributed by atoms with E-state index in [-0.39, 0.29) is 0 Å². The molecule has 12 aromatic rings. The van der Waals surface area contributed by atoms with Gasteiger partial charge in [-0.05, 0) is 86.0 Å². The second kappa shape index (κ2) is 17.2. The van der Waals surface area contributed by atoms with E-state index < -0.39 is 0 Å². The van der Waals surface area contributed by atoms with Crippen LogP contribution >= 0.6 is 0 Å². The quantitative estimate of drug-likeness (QED) is 0.145. The van der Waals surface area contributed by atoms with Gasteiger partial charge in [0.25, 0.3) is 0 Å². The predicted octanol–water partition coefficient (Wildman–Crippen LogP) is 16.3. The van der Waals surface area contributed by atoms with Crippen LogP contribution < -0.4 is 0 Å². The van der Waals surface area contributed by atoms with E-state index in [4.69, 9.17) is 15.0 Å². The molecule has 0 N–H and O–H groups in total. The zero-order chi connectivity index (χ0) is 44.5. The third kappa shape index (κ3) is 7.77. The summed E-state index contributed by atoms with van der Waals surface area (Å²) in [5.41, 5.74) is 17.9. The van der Waals surface area contributed by atoms with E-state index in [1.165, 1.54) is 49.7 Å². The molecule has 314 valence electrons. The average Bonchev–Trinajstić information content (AvgIpc) is 3.75. The third-order valence-corrected chi connectivity index (χ3v) is 12.7. The molecule has 12 rings (SSSR count). The maximum absolute atomic E-state index is 5.07. The van der Waals surface area contributed by atoms with Gasteiger partial charge in [0.15, 0.2) is 17.5 Å². The molecule has 0 fully saturated rings. The van der Waals surface area contributed by atoms with Gasteiger partial charge >= 0.3 is 0 Å². The molecule has 67 heavy (non-hydrogen) atoms. The number of hydrogen-bond donors (Lipinski definition) is 0. The number of aromatic nitrogens is 4. The SMILES string of the molecule is c1ccc(-c2ccc(-c3cccc(-n4c5ccc(-c6ccccc6)cc5c5ccc(-c6ccc(-c7nc(-c8ccccc8)nc(-c8ccc(-c9ccccc9)cc8)n7)cc6)cc54)c3)cc2)cc1. The lowest BCUT2D eigenvalue weighted by atomic mass is 10.00. The average molecular weight is 855 g/mol. The van der Waals surface area contributed by atoms with E-state index in [1.54, 1.807) is 0 Å². The van der Waals surface area contributed by atoms with E-state index in [9.17, 15) is 0 Å². The van der Waals surface area contributed by atoms with Crippen LogP contribution in [0.3, 0.4) is 0 Å². The summed E-state index contributed by atoms with van der Waals surface area (Å²) in [4.78, 5) is 15.1. The van der Waals surface area contributed by atoms with Gasteiger partial charge in [-0.25, -0.2) is 15.0 Å². The highest BCUT2D eigenvalue weighted by atomic mass is 15.0. The minimum atomic E-state index is 0.627. The van der Waals surface area contributed by atoms with Gasteiger partial charge in [-0.2, -0.15) is 0 Å². The lowest BCUT2D eigenvalue weighted by molar-refractivity contribution is 1.07. The highest BCUT2D eigenvalue weighted by Gasteiger charge is 2.17. The molecule has 0 spiro atoms. The van der Waals surface area contributed by atoms with Crippen molar-refractivity contribution in [2.45, 2.75) is 0 Å². The molecule has 4 heteroatoms. The van der Waals surface area contributed by atoms with E-state index >= 15 is 0 Å². The van der Waals surface area contributed by atoms with Crippen molar-refractivity contribution in [1.82, 2.24) is 19.5 Å². The first-order chi connectivity index (χ1) is 33.2. The van der Waals surface area contributed by atoms with Crippen molar-refractivity contribution in [3.63, 3.8) is 0 Å². The Labute approximate surface area is 389 Å². The molecule has 10 aromatic carbocycles. The molecule has 0 unspecified atom stereocenters. The Bertz CT molecular complexity index is 3680. The van der Waals surface area contributed by atoms with E-state index in [0.29, 0.717) is 17.5 Å². The van der Waals surface area contributed by atoms with Crippen molar-refractivity contribution in [3.05, 3.63) is 255 Å². The van der Waals surface area contributed by atoms with Crippen LogP contribution in [0.4, 0.5) is 0 Å². The smallest absolute Gasteiger partial charge is 0.164 e. The number of benzene rings is 10. The summed E-state index contributed by atoms with van der Waals surface area (Å²) in [5.74, 6) is 1.90. The lowest BCUT2D eigenvalue weighted by Gasteiger charge is -2.12. The van der Waals surface area contributed by atoms with Crippen molar-refractivity contribution < 1.29 is 0 Å². The Balaban J connectivity index is 0.933. The zero-order valence-electron chi connectivity index (χ0n) is 36.5. The van der Waals surface area contributed by atoms with Crippen LogP contribution in [0.25, 0.3) is 117 Å². The van der Waals surface area contributed by atoms with E-state index in [0.717, 1.165) is 50.1 Å². The Hall–Kier alpha value is -8.99. The first kappa shape index (κ1) is 39.6. The molecule has 2 aromatic heterocycles. The van der Waals surface area contributed by atoms with Crippen LogP contribution in [0.5, 0.6) is 0 Å². The second-order valence-corrected chi connectivity index (χ2v) is 16.9. The summed E-state index contributed by atoms with van der Waals surface area (Å²) in [6, 6.07) is 90.3. The number of hydrogen-bond acceptors (Lipinski definition) is 3. The molecule has 0 atom stereocenters. The Kier molecular flexibility index (Phi) is 10.2. The summed E-state index contributed by atoms with van der Waals surface area (Å²) in [6.45, 7) is 0. The van der Waals surface area contributed by atoms with Crippen molar-refractivity contribution in [1.29, 1.82) is 0 Å². The van der Waals surface area contributed by atoms with Crippen LogP contribution in [0.2, 0.25) is 0 Å². The Morgan fingerprint density at radius 1 is 0.209 bits per heavy atom. The van der Waals surface area contributed by atoms with Gasteiger partial charge in [-0.1, -0.05) is 224 Å². The topological polar surface area (TPSA) is 43.6 Å². The molecule has 0 saturated carbocycles. The molecule has 0 amide bonds. The number of nitrogens with zero attached hydrogens (tertiary/aromatic N) is 4. The van der Waals surface area contributed by atoms with Gasteiger partial charge in [0.1, 0.15) is 0 Å². The van der Waals surface area contributed by atoms with Crippen LogP contribution in [-0.4, -0.2) is 19.5 Å². The fourth-order valence-corrected chi connectivity index (χ4v) is 9.20. The monoisotopic (exact) mass is 854 g/mol. The van der Waals surface area contributed by atoms with Crippen molar-refractivity contribution in [3.8, 4) is 95.5 Å². The summed E-state index contributed by atoms with van der Waals surface area (Å²) >= 11 is 0. The summed E-state index contributed by atoms with van der Waals surface area (Å²) in [7, 11) is 0. The van der Waals surface area contributed by atoms with Gasteiger partial charge in [-0.15, -0.1) is 0 Å². The van der Waals surface area contributed by atoms with Gasteiger partial charge in [0.05, 0.1) is 11.0 Å². The minimum Gasteiger partial charge on any atom is -0.309 e. The molecule has 0 radical (unpaired) electrons. The van der Waals surface area contributed by atoms with E-state index in [1.807, 2.05) is 36.4 Å². The van der Waals surface area contributed by atoms with Crippen LogP contribution in [0.1, 0.15) is 0 Å². The standard InChI is InChI=1S/C63H42N4/c1-5-14-43(15-6-1)46-24-26-48(27-25-46)53-22-13-23-56(40-53)67-59-39-37-54(45-18-9-3-10-19-45)41-58(59)57-38-36-55(42-60(57)67)49-30-34-52(35-31-49)63-65-61(50-20-11-4-12-21-50)64-62(66-63)51-32-28-47(29-33-51)44-16-7-2-8-17-44/h1-42H. The number of rotatable bonds is 9. The summed E-state index contributed by atoms with van der Waals surface area (Å²) in [5, 5.41) is 2.42. The summed E-state index contributed by atoms with van der Waals surface area (Å²) < 4.78 is 2.42. The minimum absolute atomic E-state index is 0.627. The molecule has 4 nitrogen and oxygen atoms in total. The molecular formula is C63H42N4. The molecule has 2 heterocycles. The molecule has 0 bridgehead atoms. The van der Waals surface area contributed by atoms with Gasteiger partial charge in [0.2, 0.25) is 0 Å². The molecule has 0 aliphatic carbocycles. The molecular weight excluding hydrogens is 813 g/mol. The van der Waals surface area contributed by atoms with Crippen LogP contribution in [0, 0.1) is 0 Å². The maximum Gasteiger partial charge on any atom is 0.164 e. The fraction of sp³-hybridized carbons (Fsp3) is 0. The first-order valence-electron chi connectivity index (χ1n) is 22.7. The van der Waals surface area contributed by atoms with Gasteiger partial charge in [0, 0.05) is 33.2 Å². The van der Waals surface area contributed by atoms with Crippen LogP contribution in [0.15, 0.2) is 255 Å². The Morgan fingerprint density at radius 2 is 0.537 bits per heavy atom. The third-order valence-electron chi connectivity index (χ3n) is 12.7. The fourth-order valence-electron chi connectivity index (χ4n) is 9.20. The Morgan fingerprint density at radius 3 is 1.03 bits per heavy atom. The number of fused-ring (bicyclic) bond motifs is 3. The van der Waals surface area contributed by atoms with Crippen molar-refractivity contribution in [2.75, 3.05) is 0 Å². The van der Waals surface area contributed by atoms with Gasteiger partial charge < -0.3 is 4.57 Å². The normalized spacial score (nSPS) is 11.3. The van der Waals surface area contributed by atoms with Crippen molar-refractivity contribution >= 4 is 21.8 Å². The summed E-state index contributed by atoms with van der Waals surface area (Å²) in [6.07, 6.45) is 0. The molecule has 0 aliphatic rings.